The number of nitrogens with one attached hydrogen (secondary N) is 2. The van der Waals surface area contributed by atoms with Gasteiger partial charge in [0, 0.05) is 6.20 Å². The van der Waals surface area contributed by atoms with Crippen molar-refractivity contribution in [1.29, 1.82) is 5.26 Å². The van der Waals surface area contributed by atoms with Crippen LogP contribution in [0.2, 0.25) is 0 Å². The molecule has 0 aliphatic carbocycles. The lowest BCUT2D eigenvalue weighted by molar-refractivity contribution is -0.138. The van der Waals surface area contributed by atoms with Gasteiger partial charge in [0.2, 0.25) is 0 Å². The second-order valence-corrected chi connectivity index (χ2v) is 5.39. The summed E-state index contributed by atoms with van der Waals surface area (Å²) in [4.78, 5) is 35.1. The monoisotopic (exact) mass is 359 g/mol. The third-order valence-electron chi connectivity index (χ3n) is 3.34. The van der Waals surface area contributed by atoms with Gasteiger partial charge in [-0.2, -0.15) is 5.26 Å². The van der Waals surface area contributed by atoms with E-state index in [-0.39, 0.29) is 23.4 Å². The molecule has 0 spiro atoms. The maximum Gasteiger partial charge on any atom is 0.340 e. The molecule has 1 aromatic rings. The molecule has 138 valence electrons. The topological polar surface area (TPSA) is 129 Å². The summed E-state index contributed by atoms with van der Waals surface area (Å²) in [6.07, 6.45) is 2.63. The molecule has 0 aromatic heterocycles. The van der Waals surface area contributed by atoms with Crippen LogP contribution in [-0.4, -0.2) is 35.6 Å². The second kappa shape index (κ2) is 10.5. The number of rotatable bonds is 9. The van der Waals surface area contributed by atoms with Crippen LogP contribution in [0.1, 0.15) is 37.0 Å². The maximum atomic E-state index is 12.2. The largest absolute Gasteiger partial charge is 0.480 e. The Kier molecular flexibility index (Phi) is 8.37. The van der Waals surface area contributed by atoms with E-state index in [1.54, 1.807) is 18.2 Å². The molecule has 0 fully saturated rings. The molecular weight excluding hydrogens is 338 g/mol. The summed E-state index contributed by atoms with van der Waals surface area (Å²) in [7, 11) is 0. The van der Waals surface area contributed by atoms with Crippen LogP contribution in [0.25, 0.3) is 0 Å². The minimum absolute atomic E-state index is 0.168. The molecule has 8 heteroatoms. The molecule has 1 aromatic carbocycles. The van der Waals surface area contributed by atoms with Crippen molar-refractivity contribution in [3.8, 4) is 6.07 Å². The average Bonchev–Trinajstić information content (AvgIpc) is 2.62. The summed E-state index contributed by atoms with van der Waals surface area (Å²) in [5.74, 6) is -2.47. The number of carbonyl (C=O) groups is 3. The fourth-order valence-electron chi connectivity index (χ4n) is 1.77. The zero-order chi connectivity index (χ0) is 19.5. The zero-order valence-corrected chi connectivity index (χ0v) is 14.6. The molecule has 0 aliphatic rings. The second-order valence-electron chi connectivity index (χ2n) is 5.39. The standard InChI is InChI=1S/C18H21N3O5/c1-3-4-9-26-18(25)14-7-5-6-8-15(14)21-16(22)13(10-19)11-20-12(2)17(23)24/h5-8,11-12,20H,3-4,9H2,1-2H3,(H,21,22)(H,23,24)/b13-11-. The Labute approximate surface area is 151 Å². The van der Waals surface area contributed by atoms with Gasteiger partial charge in [-0.3, -0.25) is 9.59 Å². The fraction of sp³-hybridized carbons (Fsp3) is 0.333. The number of para-hydroxylation sites is 1. The number of nitrogens with zero attached hydrogens (tertiary/aromatic N) is 1. The summed E-state index contributed by atoms with van der Waals surface area (Å²) in [5.41, 5.74) is 0.0415. The van der Waals surface area contributed by atoms with Crippen molar-refractivity contribution in [2.45, 2.75) is 32.7 Å². The summed E-state index contributed by atoms with van der Waals surface area (Å²) in [6.45, 7) is 3.61. The van der Waals surface area contributed by atoms with E-state index in [9.17, 15) is 14.4 Å². The highest BCUT2D eigenvalue weighted by molar-refractivity contribution is 6.09. The number of ether oxygens (including phenoxy) is 1. The van der Waals surface area contributed by atoms with Crippen LogP contribution in [0.15, 0.2) is 36.0 Å². The molecule has 26 heavy (non-hydrogen) atoms. The molecule has 3 N–H and O–H groups in total. The van der Waals surface area contributed by atoms with E-state index >= 15 is 0 Å². The number of carboxylic acids is 1. The van der Waals surface area contributed by atoms with Crippen molar-refractivity contribution >= 4 is 23.5 Å². The van der Waals surface area contributed by atoms with Crippen molar-refractivity contribution in [1.82, 2.24) is 5.32 Å². The number of hydrogen-bond donors (Lipinski definition) is 3. The first-order chi connectivity index (χ1) is 12.4. The number of unbranched alkanes of at least 4 members (excludes halogenated alkanes) is 1. The number of carbonyl (C=O) groups excluding carboxylic acids is 2. The van der Waals surface area contributed by atoms with Crippen LogP contribution in [0.4, 0.5) is 5.69 Å². The predicted octanol–water partition coefficient (Wildman–Crippen LogP) is 2.05. The van der Waals surface area contributed by atoms with Crippen LogP contribution < -0.4 is 10.6 Å². The number of hydrogen-bond acceptors (Lipinski definition) is 6. The van der Waals surface area contributed by atoms with Gasteiger partial charge in [0.25, 0.3) is 5.91 Å². The number of carboxylic acid groups (broad SMARTS) is 1. The molecule has 1 amide bonds. The lowest BCUT2D eigenvalue weighted by Gasteiger charge is -2.11. The average molecular weight is 359 g/mol. The highest BCUT2D eigenvalue weighted by atomic mass is 16.5. The Balaban J connectivity index is 2.88. The van der Waals surface area contributed by atoms with Gasteiger partial charge in [0.15, 0.2) is 0 Å². The molecule has 0 saturated carbocycles. The number of amides is 1. The molecule has 1 unspecified atom stereocenters. The van der Waals surface area contributed by atoms with Crippen molar-refractivity contribution in [2.24, 2.45) is 0 Å². The molecule has 0 aliphatic heterocycles. The highest BCUT2D eigenvalue weighted by Gasteiger charge is 2.17. The van der Waals surface area contributed by atoms with Gasteiger partial charge < -0.3 is 20.5 Å². The zero-order valence-electron chi connectivity index (χ0n) is 14.6. The molecule has 0 heterocycles. The summed E-state index contributed by atoms with van der Waals surface area (Å²) in [5, 5.41) is 22.8. The molecule has 0 saturated heterocycles. The first-order valence-electron chi connectivity index (χ1n) is 8.07. The van der Waals surface area contributed by atoms with Gasteiger partial charge in [-0.15, -0.1) is 0 Å². The quantitative estimate of drug-likeness (QED) is 0.266. The molecule has 0 radical (unpaired) electrons. The highest BCUT2D eigenvalue weighted by Crippen LogP contribution is 2.17. The van der Waals surface area contributed by atoms with E-state index in [1.165, 1.54) is 19.1 Å². The molecule has 0 bridgehead atoms. The minimum Gasteiger partial charge on any atom is -0.480 e. The molecule has 8 nitrogen and oxygen atoms in total. The molecular formula is C18H21N3O5. The van der Waals surface area contributed by atoms with Crippen LogP contribution in [0.5, 0.6) is 0 Å². The predicted molar refractivity (Wildman–Crippen MR) is 94.2 cm³/mol. The Hall–Kier alpha value is -3.34. The van der Waals surface area contributed by atoms with E-state index < -0.39 is 23.9 Å². The molecule has 1 atom stereocenters. The van der Waals surface area contributed by atoms with Crippen molar-refractivity contribution in [3.05, 3.63) is 41.6 Å². The molecule has 1 rings (SSSR count). The number of esters is 1. The fourth-order valence-corrected chi connectivity index (χ4v) is 1.77. The van der Waals surface area contributed by atoms with Gasteiger partial charge in [0.1, 0.15) is 17.7 Å². The van der Waals surface area contributed by atoms with Crippen LogP contribution >= 0.6 is 0 Å². The van der Waals surface area contributed by atoms with Crippen LogP contribution in [0, 0.1) is 11.3 Å². The Morgan fingerprint density at radius 1 is 1.35 bits per heavy atom. The van der Waals surface area contributed by atoms with E-state index in [4.69, 9.17) is 15.1 Å². The number of anilines is 1. The normalized spacial score (nSPS) is 11.8. The Morgan fingerprint density at radius 2 is 2.04 bits per heavy atom. The maximum absolute atomic E-state index is 12.2. The van der Waals surface area contributed by atoms with Gasteiger partial charge in [-0.05, 0) is 25.5 Å². The van der Waals surface area contributed by atoms with Crippen molar-refractivity contribution in [3.63, 3.8) is 0 Å². The SMILES string of the molecule is CCCCOC(=O)c1ccccc1NC(=O)/C(C#N)=C\NC(C)C(=O)O. The van der Waals surface area contributed by atoms with Crippen LogP contribution in [-0.2, 0) is 14.3 Å². The van der Waals surface area contributed by atoms with E-state index in [0.717, 1.165) is 19.0 Å². The summed E-state index contributed by atoms with van der Waals surface area (Å²) in [6, 6.07) is 6.99. The van der Waals surface area contributed by atoms with Crippen LogP contribution in [0.3, 0.4) is 0 Å². The third-order valence-corrected chi connectivity index (χ3v) is 3.34. The third kappa shape index (κ3) is 6.28. The van der Waals surface area contributed by atoms with Gasteiger partial charge in [-0.25, -0.2) is 4.79 Å². The summed E-state index contributed by atoms with van der Waals surface area (Å²) >= 11 is 0. The van der Waals surface area contributed by atoms with Gasteiger partial charge in [-0.1, -0.05) is 25.5 Å². The minimum atomic E-state index is -1.13. The van der Waals surface area contributed by atoms with E-state index in [1.807, 2.05) is 6.92 Å². The van der Waals surface area contributed by atoms with Crippen molar-refractivity contribution < 1.29 is 24.2 Å². The Morgan fingerprint density at radius 3 is 2.65 bits per heavy atom. The number of aliphatic carboxylic acids is 1. The number of nitriles is 1. The van der Waals surface area contributed by atoms with E-state index in [0.29, 0.717) is 0 Å². The van der Waals surface area contributed by atoms with Gasteiger partial charge >= 0.3 is 11.9 Å². The first-order valence-corrected chi connectivity index (χ1v) is 8.07. The lowest BCUT2D eigenvalue weighted by atomic mass is 10.1. The van der Waals surface area contributed by atoms with E-state index in [2.05, 4.69) is 10.6 Å². The Bertz CT molecular complexity index is 737. The lowest BCUT2D eigenvalue weighted by Crippen LogP contribution is -2.30. The van der Waals surface area contributed by atoms with Crippen molar-refractivity contribution in [2.75, 3.05) is 11.9 Å². The smallest absolute Gasteiger partial charge is 0.340 e. The number of benzene rings is 1. The summed E-state index contributed by atoms with van der Waals surface area (Å²) < 4.78 is 5.14. The first kappa shape index (κ1) is 20.7. The van der Waals surface area contributed by atoms with Gasteiger partial charge in [0.05, 0.1) is 17.9 Å².